The Balaban J connectivity index is 1.89. The highest BCUT2D eigenvalue weighted by atomic mass is 35.5. The molecule has 1 amide bonds. The minimum Gasteiger partial charge on any atom is -0.507 e. The summed E-state index contributed by atoms with van der Waals surface area (Å²) >= 11 is 12.3. The van der Waals surface area contributed by atoms with Crippen molar-refractivity contribution >= 4 is 29.1 Å². The van der Waals surface area contributed by atoms with Gasteiger partial charge in [0.1, 0.15) is 17.1 Å². The van der Waals surface area contributed by atoms with Crippen molar-refractivity contribution in [1.29, 1.82) is 0 Å². The van der Waals surface area contributed by atoms with E-state index in [4.69, 9.17) is 23.2 Å². The summed E-state index contributed by atoms with van der Waals surface area (Å²) in [4.78, 5) is 14.8. The monoisotopic (exact) mass is 431 g/mol. The average Bonchev–Trinajstić information content (AvgIpc) is 3.23. The molecule has 0 unspecified atom stereocenters. The number of aryl methyl sites for hydroxylation is 1. The second-order valence-corrected chi connectivity index (χ2v) is 7.85. The summed E-state index contributed by atoms with van der Waals surface area (Å²) in [7, 11) is 0. The van der Waals surface area contributed by atoms with E-state index in [1.54, 1.807) is 36.1 Å². The van der Waals surface area contributed by atoms with E-state index in [0.717, 1.165) is 11.1 Å². The number of amides is 1. The second kappa shape index (κ2) is 7.71. The van der Waals surface area contributed by atoms with Gasteiger partial charge in [-0.2, -0.15) is 5.10 Å². The summed E-state index contributed by atoms with van der Waals surface area (Å²) in [5, 5.41) is 28.1. The third-order valence-electron chi connectivity index (χ3n) is 5.14. The van der Waals surface area contributed by atoms with Gasteiger partial charge in [-0.1, -0.05) is 35.3 Å². The highest BCUT2D eigenvalue weighted by Crippen LogP contribution is 2.45. The van der Waals surface area contributed by atoms with Gasteiger partial charge in [0, 0.05) is 34.3 Å². The van der Waals surface area contributed by atoms with E-state index in [1.165, 1.54) is 0 Å². The van der Waals surface area contributed by atoms with Crippen molar-refractivity contribution in [3.05, 3.63) is 68.8 Å². The summed E-state index contributed by atoms with van der Waals surface area (Å²) in [5.74, 6) is -0.165. The average molecular weight is 432 g/mol. The summed E-state index contributed by atoms with van der Waals surface area (Å²) in [6.07, 6.45) is 0.449. The third kappa shape index (κ3) is 3.37. The van der Waals surface area contributed by atoms with Crippen LogP contribution in [0.4, 0.5) is 0 Å². The molecule has 2 heterocycles. The van der Waals surface area contributed by atoms with Crippen molar-refractivity contribution in [2.75, 3.05) is 13.2 Å². The van der Waals surface area contributed by atoms with Crippen LogP contribution in [-0.4, -0.2) is 44.4 Å². The third-order valence-corrected chi connectivity index (χ3v) is 5.80. The molecule has 3 N–H and O–H groups in total. The van der Waals surface area contributed by atoms with Gasteiger partial charge in [-0.05, 0) is 48.7 Å². The smallest absolute Gasteiger partial charge is 0.273 e. The number of carbonyl (C=O) groups is 1. The lowest BCUT2D eigenvalue weighted by Gasteiger charge is -2.26. The summed E-state index contributed by atoms with van der Waals surface area (Å²) in [6.45, 7) is 2.16. The quantitative estimate of drug-likeness (QED) is 0.560. The van der Waals surface area contributed by atoms with Gasteiger partial charge in [0.25, 0.3) is 5.91 Å². The first-order chi connectivity index (χ1) is 13.9. The second-order valence-electron chi connectivity index (χ2n) is 7.01. The first-order valence-electron chi connectivity index (χ1n) is 9.17. The van der Waals surface area contributed by atoms with Gasteiger partial charge < -0.3 is 15.1 Å². The topological polar surface area (TPSA) is 89.5 Å². The molecule has 0 saturated carbocycles. The zero-order valence-electron chi connectivity index (χ0n) is 15.6. The van der Waals surface area contributed by atoms with Crippen LogP contribution in [0.3, 0.4) is 0 Å². The Morgan fingerprint density at radius 3 is 2.62 bits per heavy atom. The molecule has 8 heteroatoms. The molecule has 3 aromatic rings. The van der Waals surface area contributed by atoms with E-state index in [9.17, 15) is 15.0 Å². The maximum Gasteiger partial charge on any atom is 0.273 e. The van der Waals surface area contributed by atoms with Crippen LogP contribution in [0.15, 0.2) is 36.4 Å². The normalized spacial score (nSPS) is 15.8. The molecule has 0 spiro atoms. The Morgan fingerprint density at radius 2 is 1.93 bits per heavy atom. The number of nitrogens with zero attached hydrogens (tertiary/aromatic N) is 2. The minimum absolute atomic E-state index is 0.0233. The number of nitrogens with one attached hydrogen (secondary N) is 1. The number of phenols is 1. The first kappa shape index (κ1) is 19.8. The van der Waals surface area contributed by atoms with E-state index in [-0.39, 0.29) is 18.3 Å². The largest absolute Gasteiger partial charge is 0.507 e. The van der Waals surface area contributed by atoms with Gasteiger partial charge in [-0.25, -0.2) is 0 Å². The molecule has 4 rings (SSSR count). The Labute approximate surface area is 177 Å². The fourth-order valence-electron chi connectivity index (χ4n) is 3.72. The number of carbonyl (C=O) groups excluding carboxylic acids is 1. The van der Waals surface area contributed by atoms with E-state index in [0.29, 0.717) is 45.5 Å². The number of aromatic hydroxyl groups is 1. The minimum atomic E-state index is -0.422. The van der Waals surface area contributed by atoms with Crippen molar-refractivity contribution in [2.45, 2.75) is 19.4 Å². The summed E-state index contributed by atoms with van der Waals surface area (Å²) in [5.41, 5.74) is 3.57. The fraction of sp³-hybridized carbons (Fsp3) is 0.238. The molecule has 0 aliphatic carbocycles. The number of aromatic nitrogens is 2. The van der Waals surface area contributed by atoms with Gasteiger partial charge >= 0.3 is 0 Å². The predicted octanol–water partition coefficient (Wildman–Crippen LogP) is 4.33. The van der Waals surface area contributed by atoms with Crippen LogP contribution in [0, 0.1) is 6.92 Å². The fourth-order valence-corrected chi connectivity index (χ4v) is 4.01. The molecule has 1 aliphatic rings. The van der Waals surface area contributed by atoms with Crippen molar-refractivity contribution in [3.8, 4) is 17.0 Å². The zero-order chi connectivity index (χ0) is 20.7. The number of hydrogen-bond donors (Lipinski definition) is 3. The molecular weight excluding hydrogens is 413 g/mol. The van der Waals surface area contributed by atoms with Gasteiger partial charge in [-0.3, -0.25) is 9.89 Å². The van der Waals surface area contributed by atoms with Crippen LogP contribution in [0.5, 0.6) is 5.75 Å². The van der Waals surface area contributed by atoms with Crippen molar-refractivity contribution in [3.63, 3.8) is 0 Å². The lowest BCUT2D eigenvalue weighted by Crippen LogP contribution is -2.31. The maximum absolute atomic E-state index is 13.1. The van der Waals surface area contributed by atoms with Gasteiger partial charge in [0.05, 0.1) is 6.04 Å². The zero-order valence-corrected chi connectivity index (χ0v) is 17.1. The molecular formula is C21H19Cl2N3O3. The number of halogens is 2. The molecule has 0 fully saturated rings. The Kier molecular flexibility index (Phi) is 5.25. The molecule has 6 nitrogen and oxygen atoms in total. The van der Waals surface area contributed by atoms with Crippen LogP contribution in [0.1, 0.15) is 39.6 Å². The number of H-pyrrole nitrogens is 1. The van der Waals surface area contributed by atoms with Crippen LogP contribution in [-0.2, 0) is 0 Å². The highest BCUT2D eigenvalue weighted by Gasteiger charge is 2.42. The Morgan fingerprint density at radius 1 is 1.21 bits per heavy atom. The van der Waals surface area contributed by atoms with Gasteiger partial charge in [0.2, 0.25) is 0 Å². The maximum atomic E-state index is 13.1. The van der Waals surface area contributed by atoms with Crippen molar-refractivity contribution in [2.24, 2.45) is 0 Å². The van der Waals surface area contributed by atoms with E-state index >= 15 is 0 Å². The van der Waals surface area contributed by atoms with Crippen molar-refractivity contribution < 1.29 is 15.0 Å². The summed E-state index contributed by atoms with van der Waals surface area (Å²) in [6, 6.07) is 10.1. The lowest BCUT2D eigenvalue weighted by atomic mass is 9.95. The van der Waals surface area contributed by atoms with Gasteiger partial charge in [-0.15, -0.1) is 0 Å². The number of hydrogen-bond acceptors (Lipinski definition) is 4. The van der Waals surface area contributed by atoms with E-state index < -0.39 is 6.04 Å². The number of fused-ring (bicyclic) bond motifs is 1. The molecule has 0 radical (unpaired) electrons. The number of phenolic OH excluding ortho intramolecular Hbond substituents is 1. The standard InChI is InChI=1S/C21H19Cl2N3O3/c1-11-9-16(28)14(10-15(11)23)18-17-19(25-24-18)21(29)26(7-2-8-27)20(17)12-3-5-13(22)6-4-12/h3-6,9-10,20,27-28H,2,7-8H2,1H3,(H,24,25)/t20-/m0/s1. The molecule has 0 saturated heterocycles. The van der Waals surface area contributed by atoms with Crippen LogP contribution in [0.2, 0.25) is 10.0 Å². The van der Waals surface area contributed by atoms with Crippen LogP contribution >= 0.6 is 23.2 Å². The molecule has 29 heavy (non-hydrogen) atoms. The number of benzene rings is 2. The molecule has 1 aromatic heterocycles. The predicted molar refractivity (Wildman–Crippen MR) is 111 cm³/mol. The lowest BCUT2D eigenvalue weighted by molar-refractivity contribution is 0.0732. The van der Waals surface area contributed by atoms with Crippen LogP contribution < -0.4 is 0 Å². The summed E-state index contributed by atoms with van der Waals surface area (Å²) < 4.78 is 0. The van der Waals surface area contributed by atoms with Crippen LogP contribution in [0.25, 0.3) is 11.3 Å². The molecule has 150 valence electrons. The first-order valence-corrected chi connectivity index (χ1v) is 9.93. The SMILES string of the molecule is Cc1cc(O)c(-c2n[nH]c3c2[C@H](c2ccc(Cl)cc2)N(CCCO)C3=O)cc1Cl. The molecule has 0 bridgehead atoms. The van der Waals surface area contributed by atoms with E-state index in [2.05, 4.69) is 10.2 Å². The number of rotatable bonds is 5. The number of aromatic amines is 1. The Hall–Kier alpha value is -2.54. The highest BCUT2D eigenvalue weighted by molar-refractivity contribution is 6.31. The molecule has 1 aliphatic heterocycles. The molecule has 2 aromatic carbocycles. The number of aliphatic hydroxyl groups is 1. The van der Waals surface area contributed by atoms with Gasteiger partial charge in [0.15, 0.2) is 0 Å². The van der Waals surface area contributed by atoms with Crippen molar-refractivity contribution in [1.82, 2.24) is 15.1 Å². The number of aliphatic hydroxyl groups excluding tert-OH is 1. The van der Waals surface area contributed by atoms with E-state index in [1.807, 2.05) is 12.1 Å². The molecule has 1 atom stereocenters. The Bertz CT molecular complexity index is 1080.